The van der Waals surface area contributed by atoms with Gasteiger partial charge >= 0.3 is 0 Å². The molecular formula is C6H3BrClF2NO3S. The predicted octanol–water partition coefficient (Wildman–Crippen LogP) is 2.00. The number of aromatic amines is 1. The van der Waals surface area contributed by atoms with E-state index in [4.69, 9.17) is 10.7 Å². The van der Waals surface area contributed by atoms with Gasteiger partial charge in [-0.3, -0.25) is 4.79 Å². The van der Waals surface area contributed by atoms with Gasteiger partial charge < -0.3 is 4.98 Å². The maximum atomic E-state index is 12.2. The normalized spacial score (nSPS) is 12.1. The summed E-state index contributed by atoms with van der Waals surface area (Å²) in [4.78, 5) is 12.2. The molecule has 0 radical (unpaired) electrons. The molecule has 1 N–H and O–H groups in total. The van der Waals surface area contributed by atoms with E-state index in [-0.39, 0.29) is 0 Å². The third kappa shape index (κ3) is 2.76. The molecule has 0 atom stereocenters. The van der Waals surface area contributed by atoms with Crippen LogP contribution in [0.1, 0.15) is 12.1 Å². The Kier molecular flexibility index (Phi) is 3.51. The lowest BCUT2D eigenvalue weighted by Crippen LogP contribution is -2.13. The first-order chi connectivity index (χ1) is 6.73. The second kappa shape index (κ2) is 4.18. The molecule has 1 heterocycles. The summed E-state index contributed by atoms with van der Waals surface area (Å²) in [7, 11) is 0.717. The summed E-state index contributed by atoms with van der Waals surface area (Å²) >= 11 is 2.65. The third-order valence-corrected chi connectivity index (χ3v) is 3.85. The van der Waals surface area contributed by atoms with Crippen LogP contribution in [0.5, 0.6) is 0 Å². The van der Waals surface area contributed by atoms with Crippen molar-refractivity contribution >= 4 is 35.7 Å². The third-order valence-electron chi connectivity index (χ3n) is 1.46. The van der Waals surface area contributed by atoms with Gasteiger partial charge in [0.1, 0.15) is 9.37 Å². The van der Waals surface area contributed by atoms with Gasteiger partial charge in [0.15, 0.2) is 0 Å². The number of aromatic nitrogens is 1. The summed E-state index contributed by atoms with van der Waals surface area (Å²) in [5, 5.41) is 0. The molecule has 84 valence electrons. The van der Waals surface area contributed by atoms with Crippen molar-refractivity contribution < 1.29 is 17.2 Å². The minimum Gasteiger partial charge on any atom is -0.320 e. The Morgan fingerprint density at radius 3 is 2.40 bits per heavy atom. The molecule has 1 rings (SSSR count). The lowest BCUT2D eigenvalue weighted by Gasteiger charge is -2.03. The molecule has 0 bridgehead atoms. The molecule has 1 aromatic rings. The number of H-pyrrole nitrogens is 1. The number of nitrogens with one attached hydrogen (secondary N) is 1. The van der Waals surface area contributed by atoms with Crippen LogP contribution < -0.4 is 5.56 Å². The SMILES string of the molecule is O=c1[nH]c(C(F)F)cc(S(=O)(=O)Cl)c1Br. The monoisotopic (exact) mass is 321 g/mol. The first kappa shape index (κ1) is 12.6. The smallest absolute Gasteiger partial charge is 0.278 e. The maximum absolute atomic E-state index is 12.2. The van der Waals surface area contributed by atoms with Crippen LogP contribution in [0.25, 0.3) is 0 Å². The summed E-state index contributed by atoms with van der Waals surface area (Å²) in [6.07, 6.45) is -2.98. The number of hydrogen-bond acceptors (Lipinski definition) is 3. The van der Waals surface area contributed by atoms with Crippen LogP contribution >= 0.6 is 26.6 Å². The second-order valence-electron chi connectivity index (χ2n) is 2.47. The highest BCUT2D eigenvalue weighted by Gasteiger charge is 2.21. The summed E-state index contributed by atoms with van der Waals surface area (Å²) < 4.78 is 45.9. The van der Waals surface area contributed by atoms with Crippen molar-refractivity contribution in [1.82, 2.24) is 4.98 Å². The quantitative estimate of drug-likeness (QED) is 0.847. The highest BCUT2D eigenvalue weighted by molar-refractivity contribution is 9.10. The van der Waals surface area contributed by atoms with Crippen LogP contribution in [0.3, 0.4) is 0 Å². The van der Waals surface area contributed by atoms with Crippen molar-refractivity contribution in [2.75, 3.05) is 0 Å². The zero-order valence-corrected chi connectivity index (χ0v) is 9.96. The van der Waals surface area contributed by atoms with Gasteiger partial charge in [-0.15, -0.1) is 0 Å². The summed E-state index contributed by atoms with van der Waals surface area (Å²) in [5.74, 6) is 0. The van der Waals surface area contributed by atoms with E-state index in [9.17, 15) is 22.0 Å². The van der Waals surface area contributed by atoms with Crippen molar-refractivity contribution in [3.05, 3.63) is 26.6 Å². The molecule has 0 amide bonds. The molecule has 0 aliphatic rings. The molecule has 0 fully saturated rings. The first-order valence-corrected chi connectivity index (χ1v) is 6.49. The van der Waals surface area contributed by atoms with Crippen LogP contribution in [-0.2, 0) is 9.05 Å². The van der Waals surface area contributed by atoms with Gasteiger partial charge in [0.2, 0.25) is 0 Å². The van der Waals surface area contributed by atoms with E-state index in [1.54, 1.807) is 0 Å². The molecule has 4 nitrogen and oxygen atoms in total. The minimum atomic E-state index is -4.24. The molecule has 9 heteroatoms. The van der Waals surface area contributed by atoms with Crippen molar-refractivity contribution in [3.63, 3.8) is 0 Å². The molecule has 0 aliphatic heterocycles. The van der Waals surface area contributed by atoms with E-state index in [0.29, 0.717) is 6.07 Å². The van der Waals surface area contributed by atoms with Gasteiger partial charge in [0, 0.05) is 10.7 Å². The number of pyridine rings is 1. The zero-order chi connectivity index (χ0) is 11.8. The summed E-state index contributed by atoms with van der Waals surface area (Å²) in [6.45, 7) is 0. The fourth-order valence-corrected chi connectivity index (χ4v) is 2.91. The van der Waals surface area contributed by atoms with Gasteiger partial charge in [-0.25, -0.2) is 17.2 Å². The lowest BCUT2D eigenvalue weighted by atomic mass is 10.3. The first-order valence-electron chi connectivity index (χ1n) is 3.39. The van der Waals surface area contributed by atoms with Crippen molar-refractivity contribution in [3.8, 4) is 0 Å². The molecule has 0 spiro atoms. The average Bonchev–Trinajstić information content (AvgIpc) is 2.06. The summed E-state index contributed by atoms with van der Waals surface area (Å²) in [6, 6.07) is 0.610. The standard InChI is InChI=1S/C6H3BrClF2NO3S/c7-4-3(15(8,13)14)1-2(5(9)10)11-6(4)12/h1,5H,(H,11,12). The minimum absolute atomic E-state index is 0.401. The Morgan fingerprint density at radius 1 is 1.47 bits per heavy atom. The second-order valence-corrected chi connectivity index (χ2v) is 5.80. The highest BCUT2D eigenvalue weighted by Crippen LogP contribution is 2.25. The van der Waals surface area contributed by atoms with E-state index < -0.39 is 36.1 Å². The van der Waals surface area contributed by atoms with E-state index >= 15 is 0 Å². The predicted molar refractivity (Wildman–Crippen MR) is 52.8 cm³/mol. The Bertz CT molecular complexity index is 542. The highest BCUT2D eigenvalue weighted by atomic mass is 79.9. The van der Waals surface area contributed by atoms with Crippen molar-refractivity contribution in [2.45, 2.75) is 11.3 Å². The number of halogens is 4. The maximum Gasteiger partial charge on any atom is 0.278 e. The Morgan fingerprint density at radius 2 is 2.00 bits per heavy atom. The number of rotatable bonds is 2. The van der Waals surface area contributed by atoms with E-state index in [1.807, 2.05) is 4.98 Å². The molecule has 0 saturated heterocycles. The van der Waals surface area contributed by atoms with E-state index in [1.165, 1.54) is 0 Å². The van der Waals surface area contributed by atoms with Crippen LogP contribution in [-0.4, -0.2) is 13.4 Å². The van der Waals surface area contributed by atoms with Crippen molar-refractivity contribution in [1.29, 1.82) is 0 Å². The van der Waals surface area contributed by atoms with Gasteiger partial charge in [-0.1, -0.05) is 0 Å². The van der Waals surface area contributed by atoms with Crippen LogP contribution in [0, 0.1) is 0 Å². The van der Waals surface area contributed by atoms with Crippen LogP contribution in [0.2, 0.25) is 0 Å². The molecule has 15 heavy (non-hydrogen) atoms. The fraction of sp³-hybridized carbons (Fsp3) is 0.167. The Hall–Kier alpha value is -0.470. The Balaban J connectivity index is 3.60. The largest absolute Gasteiger partial charge is 0.320 e. The van der Waals surface area contributed by atoms with Gasteiger partial charge in [0.05, 0.1) is 5.69 Å². The summed E-state index contributed by atoms with van der Waals surface area (Å²) in [5.41, 5.74) is -1.78. The number of alkyl halides is 2. The van der Waals surface area contributed by atoms with Gasteiger partial charge in [-0.2, -0.15) is 0 Å². The van der Waals surface area contributed by atoms with Gasteiger partial charge in [0.25, 0.3) is 21.0 Å². The lowest BCUT2D eigenvalue weighted by molar-refractivity contribution is 0.145. The molecule has 0 saturated carbocycles. The van der Waals surface area contributed by atoms with Crippen LogP contribution in [0.15, 0.2) is 20.2 Å². The van der Waals surface area contributed by atoms with Crippen LogP contribution in [0.4, 0.5) is 8.78 Å². The van der Waals surface area contributed by atoms with Crippen molar-refractivity contribution in [2.24, 2.45) is 0 Å². The number of hydrogen-bond donors (Lipinski definition) is 1. The average molecular weight is 323 g/mol. The Labute approximate surface area is 95.8 Å². The fourth-order valence-electron chi connectivity index (χ4n) is 0.834. The topological polar surface area (TPSA) is 67.0 Å². The zero-order valence-electron chi connectivity index (χ0n) is 6.80. The molecule has 0 aromatic carbocycles. The molecule has 0 aliphatic carbocycles. The van der Waals surface area contributed by atoms with E-state index in [2.05, 4.69) is 15.9 Å². The molecule has 1 aromatic heterocycles. The molecule has 0 unspecified atom stereocenters. The van der Waals surface area contributed by atoms with Gasteiger partial charge in [-0.05, 0) is 22.0 Å². The van der Waals surface area contributed by atoms with E-state index in [0.717, 1.165) is 0 Å². The molecular weight excluding hydrogens is 319 g/mol.